The van der Waals surface area contributed by atoms with Crippen molar-refractivity contribution in [2.24, 2.45) is 0 Å². The van der Waals surface area contributed by atoms with Crippen molar-refractivity contribution in [3.8, 4) is 0 Å². The van der Waals surface area contributed by atoms with Crippen molar-refractivity contribution in [1.82, 2.24) is 10.3 Å². The van der Waals surface area contributed by atoms with Crippen LogP contribution < -0.4 is 10.6 Å². The van der Waals surface area contributed by atoms with Gasteiger partial charge >= 0.3 is 0 Å². The van der Waals surface area contributed by atoms with Gasteiger partial charge < -0.3 is 15.4 Å². The molecule has 5 nitrogen and oxygen atoms in total. The summed E-state index contributed by atoms with van der Waals surface area (Å²) in [7, 11) is 1.60. The highest BCUT2D eigenvalue weighted by molar-refractivity contribution is 5.80. The van der Waals surface area contributed by atoms with Crippen LogP contribution in [0.5, 0.6) is 0 Å². The Labute approximate surface area is 95.2 Å². The number of pyridine rings is 1. The predicted octanol–water partition coefficient (Wildman–Crippen LogP) is 0.565. The van der Waals surface area contributed by atoms with Gasteiger partial charge in [0.05, 0.1) is 13.2 Å². The van der Waals surface area contributed by atoms with Gasteiger partial charge in [0.2, 0.25) is 5.91 Å². The zero-order chi connectivity index (χ0) is 11.8. The zero-order valence-electron chi connectivity index (χ0n) is 9.62. The molecular weight excluding hydrogens is 206 g/mol. The Bertz CT molecular complexity index is 342. The molecule has 1 amide bonds. The molecule has 0 aliphatic heterocycles. The molecule has 1 rings (SSSR count). The number of hydrogen-bond acceptors (Lipinski definition) is 4. The van der Waals surface area contributed by atoms with Crippen LogP contribution in [0, 0.1) is 6.92 Å². The summed E-state index contributed by atoms with van der Waals surface area (Å²) in [6, 6.07) is 3.80. The lowest BCUT2D eigenvalue weighted by Crippen LogP contribution is -2.32. The van der Waals surface area contributed by atoms with Gasteiger partial charge in [-0.3, -0.25) is 4.79 Å². The van der Waals surface area contributed by atoms with Gasteiger partial charge in [0, 0.05) is 19.9 Å². The van der Waals surface area contributed by atoms with Crippen molar-refractivity contribution in [3.05, 3.63) is 23.9 Å². The van der Waals surface area contributed by atoms with E-state index in [1.807, 2.05) is 19.1 Å². The van der Waals surface area contributed by atoms with Gasteiger partial charge in [-0.05, 0) is 18.6 Å². The van der Waals surface area contributed by atoms with Gasteiger partial charge in [0.15, 0.2) is 0 Å². The number of methoxy groups -OCH3 is 1. The van der Waals surface area contributed by atoms with E-state index in [1.165, 1.54) is 0 Å². The lowest BCUT2D eigenvalue weighted by atomic mass is 10.3. The first-order valence-electron chi connectivity index (χ1n) is 5.15. The molecule has 1 aromatic heterocycles. The van der Waals surface area contributed by atoms with E-state index in [9.17, 15) is 4.79 Å². The van der Waals surface area contributed by atoms with E-state index in [2.05, 4.69) is 15.6 Å². The summed E-state index contributed by atoms with van der Waals surface area (Å²) < 4.78 is 4.83. The number of carbonyl (C=O) groups is 1. The van der Waals surface area contributed by atoms with Crippen molar-refractivity contribution < 1.29 is 9.53 Å². The SMILES string of the molecule is COCCNC(=O)CNc1ncccc1C. The summed E-state index contributed by atoms with van der Waals surface area (Å²) in [6.07, 6.45) is 1.69. The van der Waals surface area contributed by atoms with Crippen LogP contribution >= 0.6 is 0 Å². The molecule has 2 N–H and O–H groups in total. The van der Waals surface area contributed by atoms with Crippen LogP contribution in [0.4, 0.5) is 5.82 Å². The number of hydrogen-bond donors (Lipinski definition) is 2. The maximum absolute atomic E-state index is 11.3. The number of aromatic nitrogens is 1. The van der Waals surface area contributed by atoms with Crippen LogP contribution in [0.3, 0.4) is 0 Å². The molecule has 1 aromatic rings. The van der Waals surface area contributed by atoms with E-state index in [0.717, 1.165) is 11.4 Å². The van der Waals surface area contributed by atoms with Crippen LogP contribution in [0.15, 0.2) is 18.3 Å². The molecule has 0 saturated carbocycles. The fraction of sp³-hybridized carbons (Fsp3) is 0.455. The van der Waals surface area contributed by atoms with E-state index in [-0.39, 0.29) is 12.5 Å². The van der Waals surface area contributed by atoms with Gasteiger partial charge in [-0.2, -0.15) is 0 Å². The van der Waals surface area contributed by atoms with E-state index in [4.69, 9.17) is 4.74 Å². The van der Waals surface area contributed by atoms with Crippen LogP contribution in [-0.4, -0.2) is 37.7 Å². The van der Waals surface area contributed by atoms with E-state index in [1.54, 1.807) is 13.3 Å². The molecule has 0 atom stereocenters. The van der Waals surface area contributed by atoms with Crippen molar-refractivity contribution in [1.29, 1.82) is 0 Å². The molecule has 0 saturated heterocycles. The Morgan fingerprint density at radius 1 is 1.56 bits per heavy atom. The third-order valence-corrected chi connectivity index (χ3v) is 2.05. The molecule has 0 aliphatic carbocycles. The molecule has 5 heteroatoms. The van der Waals surface area contributed by atoms with Crippen LogP contribution in [0.1, 0.15) is 5.56 Å². The summed E-state index contributed by atoms with van der Waals surface area (Å²) in [5.74, 6) is 0.673. The lowest BCUT2D eigenvalue weighted by molar-refractivity contribution is -0.119. The highest BCUT2D eigenvalue weighted by Crippen LogP contribution is 2.07. The summed E-state index contributed by atoms with van der Waals surface area (Å²) in [5, 5.41) is 5.69. The quantitative estimate of drug-likeness (QED) is 0.692. The minimum atomic E-state index is -0.0675. The Morgan fingerprint density at radius 2 is 2.38 bits per heavy atom. The smallest absolute Gasteiger partial charge is 0.239 e. The molecule has 0 spiro atoms. The standard InChI is InChI=1S/C11H17N3O2/c1-9-4-3-5-13-11(9)14-8-10(15)12-6-7-16-2/h3-5H,6-8H2,1-2H3,(H,12,15)(H,13,14). The maximum Gasteiger partial charge on any atom is 0.239 e. The predicted molar refractivity (Wildman–Crippen MR) is 62.3 cm³/mol. The molecule has 0 aliphatic rings. The monoisotopic (exact) mass is 223 g/mol. The van der Waals surface area contributed by atoms with Gasteiger partial charge in [-0.1, -0.05) is 6.07 Å². The molecule has 0 unspecified atom stereocenters. The molecule has 0 fully saturated rings. The summed E-state index contributed by atoms with van der Waals surface area (Å²) in [6.45, 7) is 3.21. The molecule has 0 bridgehead atoms. The first-order valence-corrected chi connectivity index (χ1v) is 5.15. The largest absolute Gasteiger partial charge is 0.383 e. The summed E-state index contributed by atoms with van der Waals surface area (Å²) in [4.78, 5) is 15.5. The maximum atomic E-state index is 11.3. The first kappa shape index (κ1) is 12.4. The van der Waals surface area contributed by atoms with E-state index < -0.39 is 0 Å². The van der Waals surface area contributed by atoms with Crippen molar-refractivity contribution >= 4 is 11.7 Å². The number of carbonyl (C=O) groups excluding carboxylic acids is 1. The Hall–Kier alpha value is -1.62. The van der Waals surface area contributed by atoms with Crippen LogP contribution in [-0.2, 0) is 9.53 Å². The highest BCUT2D eigenvalue weighted by atomic mass is 16.5. The number of aryl methyl sites for hydroxylation is 1. The molecule has 88 valence electrons. The van der Waals surface area contributed by atoms with Crippen molar-refractivity contribution in [2.75, 3.05) is 32.1 Å². The van der Waals surface area contributed by atoms with E-state index >= 15 is 0 Å². The fourth-order valence-corrected chi connectivity index (χ4v) is 1.19. The second-order valence-electron chi connectivity index (χ2n) is 3.37. The topological polar surface area (TPSA) is 63.2 Å². The fourth-order valence-electron chi connectivity index (χ4n) is 1.19. The summed E-state index contributed by atoms with van der Waals surface area (Å²) >= 11 is 0. The van der Waals surface area contributed by atoms with Crippen LogP contribution in [0.25, 0.3) is 0 Å². The molecule has 0 aromatic carbocycles. The number of rotatable bonds is 6. The third kappa shape index (κ3) is 4.27. The Balaban J connectivity index is 2.29. The molecule has 1 heterocycles. The number of nitrogens with zero attached hydrogens (tertiary/aromatic N) is 1. The van der Waals surface area contributed by atoms with Crippen molar-refractivity contribution in [3.63, 3.8) is 0 Å². The Kier molecular flexibility index (Phi) is 5.28. The molecule has 16 heavy (non-hydrogen) atoms. The van der Waals surface area contributed by atoms with E-state index in [0.29, 0.717) is 13.2 Å². The number of nitrogens with one attached hydrogen (secondary N) is 2. The zero-order valence-corrected chi connectivity index (χ0v) is 9.62. The second-order valence-corrected chi connectivity index (χ2v) is 3.37. The van der Waals surface area contributed by atoms with Gasteiger partial charge in [-0.15, -0.1) is 0 Å². The Morgan fingerprint density at radius 3 is 3.06 bits per heavy atom. The lowest BCUT2D eigenvalue weighted by Gasteiger charge is -2.08. The average Bonchev–Trinajstić information content (AvgIpc) is 2.28. The minimum absolute atomic E-state index is 0.0675. The van der Waals surface area contributed by atoms with Crippen LogP contribution in [0.2, 0.25) is 0 Å². The van der Waals surface area contributed by atoms with Gasteiger partial charge in [0.1, 0.15) is 5.82 Å². The summed E-state index contributed by atoms with van der Waals surface area (Å²) in [5.41, 5.74) is 1.02. The first-order chi connectivity index (χ1) is 7.74. The average molecular weight is 223 g/mol. The number of anilines is 1. The normalized spacial score (nSPS) is 9.88. The molecule has 0 radical (unpaired) electrons. The highest BCUT2D eigenvalue weighted by Gasteiger charge is 2.02. The van der Waals surface area contributed by atoms with Crippen molar-refractivity contribution in [2.45, 2.75) is 6.92 Å². The number of amides is 1. The third-order valence-electron chi connectivity index (χ3n) is 2.05. The number of ether oxygens (including phenoxy) is 1. The van der Waals surface area contributed by atoms with Gasteiger partial charge in [-0.25, -0.2) is 4.98 Å². The minimum Gasteiger partial charge on any atom is -0.383 e. The second kappa shape index (κ2) is 6.79. The molecular formula is C11H17N3O2. The van der Waals surface area contributed by atoms with Gasteiger partial charge in [0.25, 0.3) is 0 Å².